The van der Waals surface area contributed by atoms with Crippen molar-refractivity contribution in [2.75, 3.05) is 26.2 Å². The summed E-state index contributed by atoms with van der Waals surface area (Å²) in [5, 5.41) is 8.72. The molecule has 0 spiro atoms. The fourth-order valence-corrected chi connectivity index (χ4v) is 2.05. The summed E-state index contributed by atoms with van der Waals surface area (Å²) >= 11 is 0. The second-order valence-electron chi connectivity index (χ2n) is 4.95. The van der Waals surface area contributed by atoms with Crippen LogP contribution < -0.4 is 0 Å². The molecule has 0 aromatic carbocycles. The molecule has 0 aromatic rings. The molecule has 1 heterocycles. The molecular formula is C10H21NO. The number of aliphatic hydroxyl groups excluding tert-OH is 1. The van der Waals surface area contributed by atoms with E-state index in [2.05, 4.69) is 25.7 Å². The summed E-state index contributed by atoms with van der Waals surface area (Å²) in [6.45, 7) is 10.8. The van der Waals surface area contributed by atoms with Gasteiger partial charge in [-0.2, -0.15) is 0 Å². The summed E-state index contributed by atoms with van der Waals surface area (Å²) in [6.07, 6.45) is 0.941. The van der Waals surface area contributed by atoms with Crippen molar-refractivity contribution in [3.05, 3.63) is 0 Å². The highest BCUT2D eigenvalue weighted by Crippen LogP contribution is 2.29. The van der Waals surface area contributed by atoms with Crippen molar-refractivity contribution in [2.24, 2.45) is 11.3 Å². The predicted molar refractivity (Wildman–Crippen MR) is 51.1 cm³/mol. The van der Waals surface area contributed by atoms with Crippen LogP contribution >= 0.6 is 0 Å². The lowest BCUT2D eigenvalue weighted by Crippen LogP contribution is -2.54. The number of aliphatic hydroxyl groups is 1. The zero-order chi connectivity index (χ0) is 9.19. The largest absolute Gasteiger partial charge is 0.396 e. The van der Waals surface area contributed by atoms with Crippen LogP contribution in [0.5, 0.6) is 0 Å². The van der Waals surface area contributed by atoms with Crippen LogP contribution in [-0.2, 0) is 0 Å². The molecule has 0 amide bonds. The molecule has 72 valence electrons. The van der Waals surface area contributed by atoms with Gasteiger partial charge >= 0.3 is 0 Å². The van der Waals surface area contributed by atoms with Crippen molar-refractivity contribution in [2.45, 2.75) is 27.2 Å². The summed E-state index contributed by atoms with van der Waals surface area (Å²) in [5.74, 6) is 0.645. The molecule has 1 N–H and O–H groups in total. The van der Waals surface area contributed by atoms with E-state index in [9.17, 15) is 0 Å². The summed E-state index contributed by atoms with van der Waals surface area (Å²) in [5.41, 5.74) is 0.541. The van der Waals surface area contributed by atoms with Gasteiger partial charge in [0, 0.05) is 26.2 Å². The van der Waals surface area contributed by atoms with Crippen LogP contribution in [0, 0.1) is 11.3 Å². The van der Waals surface area contributed by atoms with E-state index in [0.717, 1.165) is 13.0 Å². The van der Waals surface area contributed by atoms with Crippen LogP contribution in [0.15, 0.2) is 0 Å². The molecule has 1 atom stereocenters. The summed E-state index contributed by atoms with van der Waals surface area (Å²) < 4.78 is 0. The highest BCUT2D eigenvalue weighted by molar-refractivity contribution is 4.87. The third kappa shape index (κ3) is 2.76. The number of nitrogens with zero attached hydrogens (tertiary/aromatic N) is 1. The molecule has 0 aromatic heterocycles. The van der Waals surface area contributed by atoms with Crippen LogP contribution in [0.4, 0.5) is 0 Å². The highest BCUT2D eigenvalue weighted by atomic mass is 16.3. The lowest BCUT2D eigenvalue weighted by molar-refractivity contribution is 0.0176. The number of likely N-dealkylation sites (tertiary alicyclic amines) is 1. The van der Waals surface area contributed by atoms with Crippen LogP contribution in [0.1, 0.15) is 27.2 Å². The molecule has 0 aliphatic carbocycles. The number of hydrogen-bond donors (Lipinski definition) is 1. The van der Waals surface area contributed by atoms with E-state index in [0.29, 0.717) is 17.9 Å². The Balaban J connectivity index is 2.10. The molecule has 1 unspecified atom stereocenters. The van der Waals surface area contributed by atoms with Gasteiger partial charge < -0.3 is 10.0 Å². The van der Waals surface area contributed by atoms with Gasteiger partial charge in [0.25, 0.3) is 0 Å². The Morgan fingerprint density at radius 2 is 2.00 bits per heavy atom. The zero-order valence-electron chi connectivity index (χ0n) is 8.51. The third-order valence-corrected chi connectivity index (χ3v) is 2.50. The Kier molecular flexibility index (Phi) is 3.13. The molecule has 1 aliphatic rings. The Hall–Kier alpha value is -0.0800. The van der Waals surface area contributed by atoms with E-state index in [1.54, 1.807) is 0 Å². The lowest BCUT2D eigenvalue weighted by Gasteiger charge is -2.47. The van der Waals surface area contributed by atoms with Crippen molar-refractivity contribution < 1.29 is 5.11 Å². The van der Waals surface area contributed by atoms with E-state index in [1.165, 1.54) is 13.1 Å². The van der Waals surface area contributed by atoms with Crippen molar-refractivity contribution in [1.82, 2.24) is 4.90 Å². The maximum atomic E-state index is 8.72. The maximum absolute atomic E-state index is 8.72. The van der Waals surface area contributed by atoms with E-state index >= 15 is 0 Å². The molecular weight excluding hydrogens is 150 g/mol. The Morgan fingerprint density at radius 1 is 1.42 bits per heavy atom. The SMILES string of the molecule is CC(CCO)CN1CC(C)(C)C1. The van der Waals surface area contributed by atoms with Crippen molar-refractivity contribution in [1.29, 1.82) is 0 Å². The summed E-state index contributed by atoms with van der Waals surface area (Å²) in [7, 11) is 0. The quantitative estimate of drug-likeness (QED) is 0.690. The molecule has 2 nitrogen and oxygen atoms in total. The van der Waals surface area contributed by atoms with E-state index in [1.807, 2.05) is 0 Å². The summed E-state index contributed by atoms with van der Waals surface area (Å²) in [6, 6.07) is 0. The zero-order valence-corrected chi connectivity index (χ0v) is 8.51. The van der Waals surface area contributed by atoms with Gasteiger partial charge in [-0.15, -0.1) is 0 Å². The fourth-order valence-electron chi connectivity index (χ4n) is 2.05. The maximum Gasteiger partial charge on any atom is 0.0434 e. The first-order chi connectivity index (χ1) is 5.53. The topological polar surface area (TPSA) is 23.5 Å². The van der Waals surface area contributed by atoms with Gasteiger partial charge in [-0.25, -0.2) is 0 Å². The monoisotopic (exact) mass is 171 g/mol. The molecule has 1 saturated heterocycles. The van der Waals surface area contributed by atoms with Gasteiger partial charge in [-0.1, -0.05) is 20.8 Å². The van der Waals surface area contributed by atoms with Crippen molar-refractivity contribution in [3.8, 4) is 0 Å². The molecule has 12 heavy (non-hydrogen) atoms. The molecule has 0 bridgehead atoms. The average molecular weight is 171 g/mol. The standard InChI is InChI=1S/C10H21NO/c1-9(4-5-12)6-11-7-10(2,3)8-11/h9,12H,4-8H2,1-3H3. The highest BCUT2D eigenvalue weighted by Gasteiger charge is 2.33. The number of hydrogen-bond acceptors (Lipinski definition) is 2. The molecule has 1 rings (SSSR count). The van der Waals surface area contributed by atoms with Crippen LogP contribution in [0.25, 0.3) is 0 Å². The first-order valence-electron chi connectivity index (χ1n) is 4.87. The second-order valence-corrected chi connectivity index (χ2v) is 4.95. The predicted octanol–water partition coefficient (Wildman–Crippen LogP) is 1.35. The van der Waals surface area contributed by atoms with Gasteiger partial charge in [0.05, 0.1) is 0 Å². The molecule has 2 heteroatoms. The van der Waals surface area contributed by atoms with Crippen LogP contribution in [0.3, 0.4) is 0 Å². The normalized spacial score (nSPS) is 25.0. The fraction of sp³-hybridized carbons (Fsp3) is 1.00. The van der Waals surface area contributed by atoms with Gasteiger partial charge in [0.15, 0.2) is 0 Å². The van der Waals surface area contributed by atoms with E-state index in [4.69, 9.17) is 5.11 Å². The Labute approximate surface area is 75.6 Å². The average Bonchev–Trinajstić information content (AvgIpc) is 1.83. The van der Waals surface area contributed by atoms with Crippen molar-refractivity contribution >= 4 is 0 Å². The van der Waals surface area contributed by atoms with Crippen molar-refractivity contribution in [3.63, 3.8) is 0 Å². The molecule has 1 aliphatic heterocycles. The third-order valence-electron chi connectivity index (χ3n) is 2.50. The Morgan fingerprint density at radius 3 is 2.42 bits per heavy atom. The van der Waals surface area contributed by atoms with Gasteiger partial charge in [0.1, 0.15) is 0 Å². The van der Waals surface area contributed by atoms with Gasteiger partial charge in [0.2, 0.25) is 0 Å². The van der Waals surface area contributed by atoms with E-state index < -0.39 is 0 Å². The molecule has 0 radical (unpaired) electrons. The second kappa shape index (κ2) is 3.75. The first-order valence-corrected chi connectivity index (χ1v) is 4.87. The lowest BCUT2D eigenvalue weighted by atomic mass is 9.84. The van der Waals surface area contributed by atoms with Gasteiger partial charge in [-0.05, 0) is 17.8 Å². The summed E-state index contributed by atoms with van der Waals surface area (Å²) in [4.78, 5) is 2.47. The molecule has 1 fully saturated rings. The van der Waals surface area contributed by atoms with Crippen LogP contribution in [-0.4, -0.2) is 36.2 Å². The minimum Gasteiger partial charge on any atom is -0.396 e. The minimum atomic E-state index is 0.332. The van der Waals surface area contributed by atoms with E-state index in [-0.39, 0.29) is 0 Å². The van der Waals surface area contributed by atoms with Crippen LogP contribution in [0.2, 0.25) is 0 Å². The first kappa shape index (κ1) is 10.0. The Bertz CT molecular complexity index is 137. The minimum absolute atomic E-state index is 0.332. The smallest absolute Gasteiger partial charge is 0.0434 e. The van der Waals surface area contributed by atoms with Gasteiger partial charge in [-0.3, -0.25) is 0 Å². The molecule has 0 saturated carbocycles. The number of rotatable bonds is 4.